The summed E-state index contributed by atoms with van der Waals surface area (Å²) in [5.74, 6) is 1.59. The molecule has 9 heteroatoms. The number of nitrogens with zero attached hydrogens (tertiary/aromatic N) is 2. The van der Waals surface area contributed by atoms with Gasteiger partial charge in [-0.05, 0) is 57.5 Å². The lowest BCUT2D eigenvalue weighted by Gasteiger charge is -2.46. The number of ether oxygens (including phenoxy) is 1. The number of Topliss-reactive ketones (excluding diaryl/α,β-unsaturated/α-hetero) is 1. The molecule has 0 bridgehead atoms. The molecule has 0 saturated carbocycles. The fourth-order valence-corrected chi connectivity index (χ4v) is 5.07. The molecule has 4 rings (SSSR count). The zero-order valence-corrected chi connectivity index (χ0v) is 23.8. The Bertz CT molecular complexity index is 1290. The fourth-order valence-electron chi connectivity index (χ4n) is 5.07. The van der Waals surface area contributed by atoms with Crippen molar-refractivity contribution < 1.29 is 18.8 Å². The predicted molar refractivity (Wildman–Crippen MR) is 152 cm³/mol. The minimum atomic E-state index is -0.435. The van der Waals surface area contributed by atoms with Gasteiger partial charge >= 0.3 is 6.03 Å². The van der Waals surface area contributed by atoms with E-state index in [1.807, 2.05) is 26.8 Å². The third-order valence-corrected chi connectivity index (χ3v) is 6.54. The Morgan fingerprint density at radius 3 is 2.26 bits per heavy atom. The van der Waals surface area contributed by atoms with E-state index in [-0.39, 0.29) is 34.8 Å². The summed E-state index contributed by atoms with van der Waals surface area (Å²) in [6.07, 6.45) is 3.68. The molecule has 0 spiro atoms. The third kappa shape index (κ3) is 7.89. The third-order valence-electron chi connectivity index (χ3n) is 6.54. The molecule has 0 unspecified atom stereocenters. The second-order valence-electron chi connectivity index (χ2n) is 12.6. The molecule has 0 aliphatic carbocycles. The van der Waals surface area contributed by atoms with E-state index in [2.05, 4.69) is 53.8 Å². The van der Waals surface area contributed by atoms with E-state index in [9.17, 15) is 9.59 Å². The Kier molecular flexibility index (Phi) is 7.84. The highest BCUT2D eigenvalue weighted by molar-refractivity contribution is 5.99. The summed E-state index contributed by atoms with van der Waals surface area (Å²) in [5.41, 5.74) is 1.56. The van der Waals surface area contributed by atoms with Gasteiger partial charge in [-0.1, -0.05) is 38.1 Å². The Labute approximate surface area is 230 Å². The predicted octanol–water partition coefficient (Wildman–Crippen LogP) is 6.12. The molecule has 9 nitrogen and oxygen atoms in total. The number of piperidine rings is 1. The second kappa shape index (κ2) is 10.8. The van der Waals surface area contributed by atoms with Gasteiger partial charge in [0.1, 0.15) is 23.3 Å². The number of ketones is 1. The molecular weight excluding hydrogens is 494 g/mol. The van der Waals surface area contributed by atoms with Gasteiger partial charge in [0.05, 0.1) is 6.20 Å². The molecule has 2 aromatic heterocycles. The zero-order chi connectivity index (χ0) is 28.4. The molecule has 0 atom stereocenters. The lowest BCUT2D eigenvalue weighted by Crippen LogP contribution is -2.60. The fraction of sp³-hybridized carbons (Fsp3) is 0.467. The van der Waals surface area contributed by atoms with Gasteiger partial charge in [-0.25, -0.2) is 9.78 Å². The van der Waals surface area contributed by atoms with Crippen molar-refractivity contribution in [1.82, 2.24) is 15.5 Å². The van der Waals surface area contributed by atoms with Gasteiger partial charge in [-0.2, -0.15) is 0 Å². The van der Waals surface area contributed by atoms with E-state index < -0.39 is 6.03 Å². The van der Waals surface area contributed by atoms with Crippen LogP contribution in [0.25, 0.3) is 0 Å². The summed E-state index contributed by atoms with van der Waals surface area (Å²) in [6.45, 7) is 14.7. The van der Waals surface area contributed by atoms with Crippen LogP contribution in [0.4, 0.5) is 16.3 Å². The number of aromatic nitrogens is 2. The summed E-state index contributed by atoms with van der Waals surface area (Å²) < 4.78 is 11.5. The van der Waals surface area contributed by atoms with E-state index >= 15 is 0 Å². The van der Waals surface area contributed by atoms with E-state index in [1.165, 1.54) is 0 Å². The number of pyridine rings is 1. The molecule has 1 fully saturated rings. The van der Waals surface area contributed by atoms with Crippen LogP contribution in [0.5, 0.6) is 5.75 Å². The topological polar surface area (TPSA) is 118 Å². The number of carbonyl (C=O) groups is 2. The number of benzene rings is 1. The summed E-state index contributed by atoms with van der Waals surface area (Å²) in [6, 6.07) is 11.9. The maximum Gasteiger partial charge on any atom is 0.324 e. The van der Waals surface area contributed by atoms with Crippen LogP contribution in [0.15, 0.2) is 53.2 Å². The summed E-state index contributed by atoms with van der Waals surface area (Å²) in [5, 5.41) is 12.9. The molecular formula is C30H39N5O4. The SMILES string of the molecule is CC1(C)CC(Oc2ccc(C(=O)Cc3ccc(NC(=O)Nc4cc(C(C)(C)C)on4)cc3)nc2)CC(C)(C)N1. The van der Waals surface area contributed by atoms with Gasteiger partial charge in [-0.3, -0.25) is 10.1 Å². The van der Waals surface area contributed by atoms with Crippen molar-refractivity contribution in [3.05, 3.63) is 65.7 Å². The average molecular weight is 534 g/mol. The van der Waals surface area contributed by atoms with Crippen LogP contribution in [0, 0.1) is 0 Å². The minimum Gasteiger partial charge on any atom is -0.489 e. The van der Waals surface area contributed by atoms with Crippen molar-refractivity contribution >= 4 is 23.3 Å². The number of rotatable bonds is 7. The lowest BCUT2D eigenvalue weighted by molar-refractivity contribution is 0.0557. The molecule has 3 heterocycles. The Hall–Kier alpha value is -3.72. The maximum absolute atomic E-state index is 12.8. The van der Waals surface area contributed by atoms with Crippen LogP contribution in [-0.4, -0.2) is 39.1 Å². The molecule has 1 aromatic carbocycles. The number of anilines is 2. The van der Waals surface area contributed by atoms with E-state index in [0.717, 1.165) is 18.4 Å². The number of nitrogens with one attached hydrogen (secondary N) is 3. The second-order valence-corrected chi connectivity index (χ2v) is 12.6. The molecule has 1 aliphatic rings. The standard InChI is InChI=1S/C30H39N5O4/c1-28(2,3)25-15-26(34-39-25)33-27(37)32-20-10-8-19(9-11-20)14-24(36)23-13-12-21(18-31-23)38-22-16-29(4,5)35-30(6,7)17-22/h8-13,15,18,22,35H,14,16-17H2,1-7H3,(H2,32,33,34,37). The van der Waals surface area contributed by atoms with Crippen LogP contribution >= 0.6 is 0 Å². The van der Waals surface area contributed by atoms with Crippen LogP contribution < -0.4 is 20.7 Å². The lowest BCUT2D eigenvalue weighted by atomic mass is 9.81. The monoisotopic (exact) mass is 533 g/mol. The molecule has 208 valence electrons. The number of carbonyl (C=O) groups excluding carboxylic acids is 2. The van der Waals surface area contributed by atoms with E-state index in [1.54, 1.807) is 42.6 Å². The molecule has 39 heavy (non-hydrogen) atoms. The van der Waals surface area contributed by atoms with Crippen molar-refractivity contribution in [2.24, 2.45) is 0 Å². The normalized spacial score (nSPS) is 16.9. The number of urea groups is 1. The van der Waals surface area contributed by atoms with Crippen LogP contribution in [0.1, 0.15) is 83.1 Å². The average Bonchev–Trinajstić information content (AvgIpc) is 3.28. The van der Waals surface area contributed by atoms with Crippen molar-refractivity contribution in [3.8, 4) is 5.75 Å². The minimum absolute atomic E-state index is 0.0161. The van der Waals surface area contributed by atoms with Crippen molar-refractivity contribution in [3.63, 3.8) is 0 Å². The van der Waals surface area contributed by atoms with Crippen molar-refractivity contribution in [2.75, 3.05) is 10.6 Å². The quantitative estimate of drug-likeness (QED) is 0.313. The van der Waals surface area contributed by atoms with Gasteiger partial charge in [0.2, 0.25) is 0 Å². The summed E-state index contributed by atoms with van der Waals surface area (Å²) in [7, 11) is 0. The van der Waals surface area contributed by atoms with Crippen LogP contribution in [-0.2, 0) is 11.8 Å². The first-order chi connectivity index (χ1) is 18.2. The molecule has 1 saturated heterocycles. The van der Waals surface area contributed by atoms with Gasteiger partial charge in [0, 0.05) is 47.5 Å². The Morgan fingerprint density at radius 1 is 1.03 bits per heavy atom. The highest BCUT2D eigenvalue weighted by Crippen LogP contribution is 2.31. The summed E-state index contributed by atoms with van der Waals surface area (Å²) in [4.78, 5) is 29.5. The van der Waals surface area contributed by atoms with E-state index in [0.29, 0.717) is 28.7 Å². The van der Waals surface area contributed by atoms with E-state index in [4.69, 9.17) is 9.26 Å². The molecule has 3 aromatic rings. The van der Waals surface area contributed by atoms with Crippen molar-refractivity contribution in [2.45, 2.75) is 90.3 Å². The van der Waals surface area contributed by atoms with Gasteiger partial charge in [0.15, 0.2) is 11.6 Å². The van der Waals surface area contributed by atoms with Crippen molar-refractivity contribution in [1.29, 1.82) is 0 Å². The number of amides is 2. The largest absolute Gasteiger partial charge is 0.489 e. The van der Waals surface area contributed by atoms with Crippen LogP contribution in [0.2, 0.25) is 0 Å². The smallest absolute Gasteiger partial charge is 0.324 e. The first-order valence-corrected chi connectivity index (χ1v) is 13.3. The molecule has 3 N–H and O–H groups in total. The summed E-state index contributed by atoms with van der Waals surface area (Å²) >= 11 is 0. The van der Waals surface area contributed by atoms with Gasteiger partial charge in [0.25, 0.3) is 0 Å². The molecule has 0 radical (unpaired) electrons. The first-order valence-electron chi connectivity index (χ1n) is 13.3. The Balaban J connectivity index is 1.28. The zero-order valence-electron chi connectivity index (χ0n) is 23.8. The number of hydrogen-bond donors (Lipinski definition) is 3. The van der Waals surface area contributed by atoms with Crippen LogP contribution in [0.3, 0.4) is 0 Å². The highest BCUT2D eigenvalue weighted by Gasteiger charge is 2.38. The Morgan fingerprint density at radius 2 is 1.69 bits per heavy atom. The highest BCUT2D eigenvalue weighted by atomic mass is 16.5. The first kappa shape index (κ1) is 28.3. The molecule has 2 amide bonds. The maximum atomic E-state index is 12.8. The number of hydrogen-bond acceptors (Lipinski definition) is 7. The van der Waals surface area contributed by atoms with Gasteiger partial charge < -0.3 is 19.9 Å². The van der Waals surface area contributed by atoms with Gasteiger partial charge in [-0.15, -0.1) is 0 Å². The molecule has 1 aliphatic heterocycles.